The van der Waals surface area contributed by atoms with Crippen molar-refractivity contribution in [1.29, 1.82) is 0 Å². The molecule has 0 bridgehead atoms. The van der Waals surface area contributed by atoms with E-state index >= 15 is 0 Å². The summed E-state index contributed by atoms with van der Waals surface area (Å²) in [5.74, 6) is 1.05. The van der Waals surface area contributed by atoms with Gasteiger partial charge in [0.2, 0.25) is 0 Å². The maximum atomic E-state index is 11.9. The van der Waals surface area contributed by atoms with E-state index in [1.165, 1.54) is 0 Å². The zero-order valence-electron chi connectivity index (χ0n) is 12.7. The van der Waals surface area contributed by atoms with Crippen LogP contribution in [0.5, 0.6) is 11.5 Å². The third-order valence-corrected chi connectivity index (χ3v) is 4.46. The van der Waals surface area contributed by atoms with Gasteiger partial charge in [0, 0.05) is 5.25 Å². The van der Waals surface area contributed by atoms with Gasteiger partial charge in [0.1, 0.15) is 11.5 Å². The summed E-state index contributed by atoms with van der Waals surface area (Å²) in [5, 5.41) is 1.30. The van der Waals surface area contributed by atoms with Crippen LogP contribution in [-0.2, 0) is 4.79 Å². The molecule has 0 saturated carbocycles. The van der Waals surface area contributed by atoms with E-state index < -0.39 is 0 Å². The van der Waals surface area contributed by atoms with Crippen molar-refractivity contribution in [1.82, 2.24) is 0 Å². The first-order valence-corrected chi connectivity index (χ1v) is 8.13. The first-order chi connectivity index (χ1) is 10.1. The first-order valence-electron chi connectivity index (χ1n) is 7.25. The van der Waals surface area contributed by atoms with Gasteiger partial charge in [-0.2, -0.15) is 0 Å². The molecule has 0 amide bonds. The lowest BCUT2D eigenvalue weighted by Crippen LogP contribution is -2.11. The Morgan fingerprint density at radius 1 is 1.24 bits per heavy atom. The van der Waals surface area contributed by atoms with E-state index in [1.54, 1.807) is 23.9 Å². The molecule has 2 rings (SSSR count). The Bertz CT molecular complexity index is 513. The van der Waals surface area contributed by atoms with Crippen LogP contribution < -0.4 is 9.47 Å². The van der Waals surface area contributed by atoms with Crippen LogP contribution in [0.2, 0.25) is 0 Å². The fourth-order valence-electron chi connectivity index (χ4n) is 1.88. The highest BCUT2D eigenvalue weighted by Gasteiger charge is 2.24. The Morgan fingerprint density at radius 2 is 1.90 bits per heavy atom. The predicted octanol–water partition coefficient (Wildman–Crippen LogP) is 3.69. The molecule has 1 aromatic rings. The van der Waals surface area contributed by atoms with Crippen LogP contribution in [-0.4, -0.2) is 28.9 Å². The molecule has 0 radical (unpaired) electrons. The van der Waals surface area contributed by atoms with E-state index in [2.05, 4.69) is 25.8 Å². The Morgan fingerprint density at radius 3 is 2.48 bits per heavy atom. The van der Waals surface area contributed by atoms with Crippen molar-refractivity contribution in [3.63, 3.8) is 0 Å². The molecule has 5 heteroatoms. The topological polar surface area (TPSA) is 47.9 Å². The number of benzene rings is 1. The highest BCUT2D eigenvalue weighted by Crippen LogP contribution is 2.28. The smallest absolute Gasteiger partial charge is 0.317 e. The highest BCUT2D eigenvalue weighted by atomic mass is 32.2. The van der Waals surface area contributed by atoms with Gasteiger partial charge < -0.3 is 9.47 Å². The van der Waals surface area contributed by atoms with E-state index in [9.17, 15) is 4.79 Å². The summed E-state index contributed by atoms with van der Waals surface area (Å²) >= 11 is 1.65. The lowest BCUT2D eigenvalue weighted by Gasteiger charge is -2.07. The van der Waals surface area contributed by atoms with Gasteiger partial charge in [0.25, 0.3) is 0 Å². The number of aliphatic imine (C=N–C) groups is 1. The molecule has 1 aromatic carbocycles. The summed E-state index contributed by atoms with van der Waals surface area (Å²) in [6, 6.07) is 7.39. The van der Waals surface area contributed by atoms with E-state index in [-0.39, 0.29) is 18.4 Å². The standard InChI is InChI=1S/C16H21NO3S/c1-4-9-19-13-5-7-14(8-6-13)20-16(18)10-15-17-11(2)12(3)21-15/h5-8,11-12H,4,9-10H2,1-3H3. The third-order valence-electron chi connectivity index (χ3n) is 3.17. The fraction of sp³-hybridized carbons (Fsp3) is 0.500. The molecule has 2 atom stereocenters. The average molecular weight is 307 g/mol. The normalized spacial score (nSPS) is 21.0. The number of rotatable bonds is 6. The summed E-state index contributed by atoms with van der Waals surface area (Å²) in [5.41, 5.74) is 0. The van der Waals surface area contributed by atoms with E-state index in [4.69, 9.17) is 9.47 Å². The summed E-state index contributed by atoms with van der Waals surface area (Å²) in [6.07, 6.45) is 1.21. The second-order valence-corrected chi connectivity index (χ2v) is 6.51. The lowest BCUT2D eigenvalue weighted by molar-refractivity contribution is -0.132. The molecule has 114 valence electrons. The summed E-state index contributed by atoms with van der Waals surface area (Å²) < 4.78 is 10.8. The third kappa shape index (κ3) is 4.77. The molecule has 0 aliphatic carbocycles. The summed E-state index contributed by atoms with van der Waals surface area (Å²) in [6.45, 7) is 6.92. The number of hydrogen-bond donors (Lipinski definition) is 0. The second kappa shape index (κ2) is 7.50. The lowest BCUT2D eigenvalue weighted by atomic mass is 10.3. The molecular formula is C16H21NO3S. The zero-order valence-corrected chi connectivity index (χ0v) is 13.5. The molecule has 0 aromatic heterocycles. The Hall–Kier alpha value is -1.49. The zero-order chi connectivity index (χ0) is 15.2. The molecule has 0 saturated heterocycles. The van der Waals surface area contributed by atoms with Crippen molar-refractivity contribution in [2.24, 2.45) is 4.99 Å². The van der Waals surface area contributed by atoms with Crippen molar-refractivity contribution in [2.75, 3.05) is 6.61 Å². The molecule has 0 spiro atoms. The van der Waals surface area contributed by atoms with Crippen molar-refractivity contribution in [2.45, 2.75) is 44.9 Å². The van der Waals surface area contributed by atoms with Crippen LogP contribution in [0.4, 0.5) is 0 Å². The highest BCUT2D eigenvalue weighted by molar-refractivity contribution is 8.14. The molecule has 0 N–H and O–H groups in total. The van der Waals surface area contributed by atoms with E-state index in [1.807, 2.05) is 12.1 Å². The number of nitrogens with zero attached hydrogens (tertiary/aromatic N) is 1. The molecule has 1 aliphatic rings. The SMILES string of the molecule is CCCOc1ccc(OC(=O)CC2=NC(C)C(C)S2)cc1. The molecule has 0 fully saturated rings. The molecule has 2 unspecified atom stereocenters. The summed E-state index contributed by atoms with van der Waals surface area (Å²) in [4.78, 5) is 16.3. The van der Waals surface area contributed by atoms with Crippen molar-refractivity contribution < 1.29 is 14.3 Å². The molecule has 21 heavy (non-hydrogen) atoms. The number of hydrogen-bond acceptors (Lipinski definition) is 5. The van der Waals surface area contributed by atoms with Gasteiger partial charge >= 0.3 is 5.97 Å². The number of esters is 1. The first kappa shape index (κ1) is 15.9. The molecule has 1 aliphatic heterocycles. The van der Waals surface area contributed by atoms with Gasteiger partial charge in [0.15, 0.2) is 0 Å². The molecule has 1 heterocycles. The minimum atomic E-state index is -0.273. The minimum Gasteiger partial charge on any atom is -0.494 e. The number of carbonyl (C=O) groups is 1. The summed E-state index contributed by atoms with van der Waals surface area (Å²) in [7, 11) is 0. The van der Waals surface area contributed by atoms with E-state index in [0.717, 1.165) is 17.2 Å². The van der Waals surface area contributed by atoms with Crippen molar-refractivity contribution in [3.8, 4) is 11.5 Å². The molecular weight excluding hydrogens is 286 g/mol. The molecule has 4 nitrogen and oxygen atoms in total. The Kier molecular flexibility index (Phi) is 5.67. The Labute approximate surface area is 129 Å². The van der Waals surface area contributed by atoms with Gasteiger partial charge in [-0.3, -0.25) is 9.79 Å². The average Bonchev–Trinajstić information content (AvgIpc) is 2.76. The van der Waals surface area contributed by atoms with E-state index in [0.29, 0.717) is 17.6 Å². The van der Waals surface area contributed by atoms with Crippen LogP contribution in [0, 0.1) is 0 Å². The predicted molar refractivity (Wildman–Crippen MR) is 86.4 cm³/mol. The van der Waals surface area contributed by atoms with Crippen molar-refractivity contribution in [3.05, 3.63) is 24.3 Å². The van der Waals surface area contributed by atoms with Crippen LogP contribution in [0.1, 0.15) is 33.6 Å². The minimum absolute atomic E-state index is 0.243. The van der Waals surface area contributed by atoms with Gasteiger partial charge in [-0.05, 0) is 37.6 Å². The number of ether oxygens (including phenoxy) is 2. The maximum Gasteiger partial charge on any atom is 0.317 e. The Balaban J connectivity index is 1.84. The van der Waals surface area contributed by atoms with Gasteiger partial charge in [0.05, 0.1) is 24.1 Å². The van der Waals surface area contributed by atoms with Gasteiger partial charge in [-0.1, -0.05) is 13.8 Å². The van der Waals surface area contributed by atoms with Crippen molar-refractivity contribution >= 4 is 22.8 Å². The van der Waals surface area contributed by atoms with Gasteiger partial charge in [-0.15, -0.1) is 11.8 Å². The quantitative estimate of drug-likeness (QED) is 0.594. The largest absolute Gasteiger partial charge is 0.494 e. The fourth-order valence-corrected chi connectivity index (χ4v) is 2.99. The van der Waals surface area contributed by atoms with Crippen LogP contribution in [0.3, 0.4) is 0 Å². The monoisotopic (exact) mass is 307 g/mol. The number of thioether (sulfide) groups is 1. The second-order valence-electron chi connectivity index (χ2n) is 5.06. The number of carbonyl (C=O) groups excluding carboxylic acids is 1. The maximum absolute atomic E-state index is 11.9. The van der Waals surface area contributed by atoms with Crippen LogP contribution in [0.15, 0.2) is 29.3 Å². The van der Waals surface area contributed by atoms with Gasteiger partial charge in [-0.25, -0.2) is 0 Å². The van der Waals surface area contributed by atoms with Crippen LogP contribution >= 0.6 is 11.8 Å². The van der Waals surface area contributed by atoms with Crippen LogP contribution in [0.25, 0.3) is 0 Å².